The molecule has 0 aromatic heterocycles. The monoisotopic (exact) mass is 197 g/mol. The summed E-state index contributed by atoms with van der Waals surface area (Å²) >= 11 is 1.58. The quantitative estimate of drug-likeness (QED) is 0.688. The van der Waals surface area contributed by atoms with Crippen LogP contribution >= 0.6 is 11.8 Å². The lowest BCUT2D eigenvalue weighted by Gasteiger charge is -2.10. The molecule has 68 valence electrons. The van der Waals surface area contributed by atoms with Gasteiger partial charge in [0.2, 0.25) is 0 Å². The van der Waals surface area contributed by atoms with Gasteiger partial charge in [0.25, 0.3) is 0 Å². The number of oxime groups is 1. The zero-order valence-electron chi connectivity index (χ0n) is 6.87. The van der Waals surface area contributed by atoms with Crippen LogP contribution in [0.15, 0.2) is 29.4 Å². The smallest absolute Gasteiger partial charge is 0.143 e. The summed E-state index contributed by atoms with van der Waals surface area (Å²) in [5, 5.41) is 4.61. The fourth-order valence-corrected chi connectivity index (χ4v) is 1.81. The van der Waals surface area contributed by atoms with Crippen molar-refractivity contribution in [3.8, 4) is 0 Å². The summed E-state index contributed by atoms with van der Waals surface area (Å²) in [7, 11) is 0. The molecule has 0 radical (unpaired) electrons. The first-order valence-corrected chi connectivity index (χ1v) is 4.93. The molecule has 2 nitrogen and oxygen atoms in total. The van der Waals surface area contributed by atoms with Crippen LogP contribution in [0.25, 0.3) is 0 Å². The van der Waals surface area contributed by atoms with Crippen LogP contribution < -0.4 is 0 Å². The van der Waals surface area contributed by atoms with Crippen LogP contribution in [-0.2, 0) is 4.84 Å². The summed E-state index contributed by atoms with van der Waals surface area (Å²) in [4.78, 5) is 4.92. The summed E-state index contributed by atoms with van der Waals surface area (Å²) in [6.45, 7) is 0.628. The Balaban J connectivity index is 2.29. The number of hydrogen-bond acceptors (Lipinski definition) is 3. The molecule has 0 saturated heterocycles. The van der Waals surface area contributed by atoms with E-state index in [1.54, 1.807) is 17.8 Å². The Labute approximate surface area is 79.8 Å². The van der Waals surface area contributed by atoms with Gasteiger partial charge in [0.1, 0.15) is 17.5 Å². The summed E-state index contributed by atoms with van der Waals surface area (Å²) in [5.74, 6) is 0.626. The average Bonchev–Trinajstić information content (AvgIpc) is 2.19. The molecule has 0 spiro atoms. The first kappa shape index (κ1) is 8.56. The van der Waals surface area contributed by atoms with Gasteiger partial charge in [0, 0.05) is 11.3 Å². The van der Waals surface area contributed by atoms with Gasteiger partial charge >= 0.3 is 0 Å². The molecule has 0 unspecified atom stereocenters. The average molecular weight is 197 g/mol. The highest BCUT2D eigenvalue weighted by molar-refractivity contribution is 8.14. The van der Waals surface area contributed by atoms with E-state index in [-0.39, 0.29) is 5.82 Å². The first-order valence-electron chi connectivity index (χ1n) is 3.95. The Morgan fingerprint density at radius 1 is 1.46 bits per heavy atom. The fraction of sp³-hybridized carbons (Fsp3) is 0.222. The third-order valence-corrected chi connectivity index (χ3v) is 2.59. The van der Waals surface area contributed by atoms with Gasteiger partial charge in [-0.1, -0.05) is 29.1 Å². The maximum Gasteiger partial charge on any atom is 0.143 e. The van der Waals surface area contributed by atoms with Crippen LogP contribution in [0, 0.1) is 5.82 Å². The van der Waals surface area contributed by atoms with Gasteiger partial charge in [0.15, 0.2) is 0 Å². The van der Waals surface area contributed by atoms with E-state index in [1.165, 1.54) is 12.1 Å². The first-order chi connectivity index (χ1) is 6.36. The summed E-state index contributed by atoms with van der Waals surface area (Å²) in [5.41, 5.74) is 0.782. The van der Waals surface area contributed by atoms with Crippen molar-refractivity contribution in [3.63, 3.8) is 0 Å². The van der Waals surface area contributed by atoms with Crippen molar-refractivity contribution in [2.75, 3.05) is 12.4 Å². The van der Waals surface area contributed by atoms with E-state index >= 15 is 0 Å². The molecule has 0 saturated carbocycles. The topological polar surface area (TPSA) is 21.6 Å². The maximum absolute atomic E-state index is 12.8. The second kappa shape index (κ2) is 3.79. The van der Waals surface area contributed by atoms with Crippen molar-refractivity contribution in [2.24, 2.45) is 5.16 Å². The molecular weight excluding hydrogens is 189 g/mol. The molecule has 2 rings (SSSR count). The molecule has 0 amide bonds. The van der Waals surface area contributed by atoms with Crippen LogP contribution in [0.4, 0.5) is 4.39 Å². The molecule has 13 heavy (non-hydrogen) atoms. The summed E-state index contributed by atoms with van der Waals surface area (Å²) < 4.78 is 12.8. The predicted molar refractivity (Wildman–Crippen MR) is 51.3 cm³/mol. The minimum atomic E-state index is -0.244. The molecule has 0 fully saturated rings. The molecule has 1 aliphatic rings. The SMILES string of the molecule is Fc1cccc(C2=NOCCS2)c1. The second-order valence-corrected chi connectivity index (χ2v) is 3.67. The van der Waals surface area contributed by atoms with E-state index in [1.807, 2.05) is 6.07 Å². The van der Waals surface area contributed by atoms with E-state index < -0.39 is 0 Å². The lowest BCUT2D eigenvalue weighted by atomic mass is 10.2. The van der Waals surface area contributed by atoms with Crippen molar-refractivity contribution in [1.82, 2.24) is 0 Å². The molecular formula is C9H8FNOS. The van der Waals surface area contributed by atoms with Crippen molar-refractivity contribution in [3.05, 3.63) is 35.6 Å². The standard InChI is InChI=1S/C9H8FNOS/c10-8-3-1-2-7(6-8)9-11-12-4-5-13-9/h1-3,6H,4-5H2. The Bertz CT molecular complexity index is 340. The van der Waals surface area contributed by atoms with Gasteiger partial charge in [-0.3, -0.25) is 0 Å². The minimum Gasteiger partial charge on any atom is -0.394 e. The molecule has 1 aromatic carbocycles. The number of benzene rings is 1. The molecule has 1 aliphatic heterocycles. The third kappa shape index (κ3) is 2.01. The third-order valence-electron chi connectivity index (χ3n) is 1.63. The van der Waals surface area contributed by atoms with Gasteiger partial charge in [-0.15, -0.1) is 0 Å². The Hall–Kier alpha value is -1.03. The van der Waals surface area contributed by atoms with Crippen molar-refractivity contribution >= 4 is 16.8 Å². The molecule has 0 bridgehead atoms. The van der Waals surface area contributed by atoms with Crippen molar-refractivity contribution in [2.45, 2.75) is 0 Å². The lowest BCUT2D eigenvalue weighted by Crippen LogP contribution is -2.07. The molecule has 0 atom stereocenters. The van der Waals surface area contributed by atoms with Crippen molar-refractivity contribution < 1.29 is 9.23 Å². The zero-order chi connectivity index (χ0) is 9.10. The van der Waals surface area contributed by atoms with Crippen LogP contribution in [-0.4, -0.2) is 17.4 Å². The van der Waals surface area contributed by atoms with E-state index in [2.05, 4.69) is 5.16 Å². The molecule has 1 aromatic rings. The largest absolute Gasteiger partial charge is 0.394 e. The van der Waals surface area contributed by atoms with Gasteiger partial charge in [-0.25, -0.2) is 4.39 Å². The second-order valence-electron chi connectivity index (χ2n) is 2.59. The predicted octanol–water partition coefficient (Wildman–Crippen LogP) is 2.25. The minimum absolute atomic E-state index is 0.244. The van der Waals surface area contributed by atoms with Gasteiger partial charge in [-0.05, 0) is 12.1 Å². The summed E-state index contributed by atoms with van der Waals surface area (Å²) in [6.07, 6.45) is 0. The summed E-state index contributed by atoms with van der Waals surface area (Å²) in [6, 6.07) is 6.37. The Morgan fingerprint density at radius 2 is 2.38 bits per heavy atom. The molecule has 1 heterocycles. The Kier molecular flexibility index (Phi) is 2.49. The van der Waals surface area contributed by atoms with E-state index in [0.29, 0.717) is 6.61 Å². The van der Waals surface area contributed by atoms with Gasteiger partial charge in [-0.2, -0.15) is 0 Å². The number of rotatable bonds is 1. The molecule has 0 aliphatic carbocycles. The van der Waals surface area contributed by atoms with Crippen molar-refractivity contribution in [1.29, 1.82) is 0 Å². The lowest BCUT2D eigenvalue weighted by molar-refractivity contribution is 0.160. The van der Waals surface area contributed by atoms with E-state index in [4.69, 9.17) is 4.84 Å². The number of nitrogens with zero attached hydrogens (tertiary/aromatic N) is 1. The van der Waals surface area contributed by atoms with Crippen LogP contribution in [0.2, 0.25) is 0 Å². The number of thioether (sulfide) groups is 1. The van der Waals surface area contributed by atoms with Gasteiger partial charge in [0.05, 0.1) is 0 Å². The highest BCUT2D eigenvalue weighted by Gasteiger charge is 2.09. The number of hydrogen-bond donors (Lipinski definition) is 0. The van der Waals surface area contributed by atoms with Crippen LogP contribution in [0.3, 0.4) is 0 Å². The Morgan fingerprint density at radius 3 is 3.08 bits per heavy atom. The van der Waals surface area contributed by atoms with E-state index in [0.717, 1.165) is 16.4 Å². The highest BCUT2D eigenvalue weighted by Crippen LogP contribution is 2.18. The molecule has 4 heteroatoms. The van der Waals surface area contributed by atoms with Crippen LogP contribution in [0.5, 0.6) is 0 Å². The van der Waals surface area contributed by atoms with E-state index in [9.17, 15) is 4.39 Å². The molecule has 0 N–H and O–H groups in total. The number of halogens is 1. The van der Waals surface area contributed by atoms with Gasteiger partial charge < -0.3 is 4.84 Å². The normalized spacial score (nSPS) is 16.2. The van der Waals surface area contributed by atoms with Crippen LogP contribution in [0.1, 0.15) is 5.56 Å². The highest BCUT2D eigenvalue weighted by atomic mass is 32.2. The maximum atomic E-state index is 12.8. The zero-order valence-corrected chi connectivity index (χ0v) is 7.68. The fourth-order valence-electron chi connectivity index (χ4n) is 1.06.